The Labute approximate surface area is 121 Å². The van der Waals surface area contributed by atoms with E-state index in [2.05, 4.69) is 10.3 Å². The van der Waals surface area contributed by atoms with Crippen LogP contribution in [0.25, 0.3) is 10.2 Å². The van der Waals surface area contributed by atoms with Crippen molar-refractivity contribution in [2.45, 2.75) is 26.3 Å². The van der Waals surface area contributed by atoms with Gasteiger partial charge in [-0.05, 0) is 24.5 Å². The largest absolute Gasteiger partial charge is 0.467 e. The highest BCUT2D eigenvalue weighted by molar-refractivity contribution is 7.22. The van der Waals surface area contributed by atoms with Gasteiger partial charge in [0.25, 0.3) is 0 Å². The second kappa shape index (κ2) is 6.17. The molecule has 0 radical (unpaired) electrons. The van der Waals surface area contributed by atoms with Crippen molar-refractivity contribution >= 4 is 32.7 Å². The SMILES string of the molecule is COC(=O)C(CC(C)C)Nc1nc2cc(F)ccc2s1. The fourth-order valence-corrected chi connectivity index (χ4v) is 2.84. The van der Waals surface area contributed by atoms with Crippen molar-refractivity contribution in [3.63, 3.8) is 0 Å². The molecule has 0 saturated carbocycles. The first-order valence-corrected chi connectivity index (χ1v) is 7.21. The monoisotopic (exact) mass is 296 g/mol. The van der Waals surface area contributed by atoms with Crippen LogP contribution in [0, 0.1) is 11.7 Å². The van der Waals surface area contributed by atoms with Crippen LogP contribution in [0.3, 0.4) is 0 Å². The number of carbonyl (C=O) groups is 1. The van der Waals surface area contributed by atoms with Crippen molar-refractivity contribution in [2.24, 2.45) is 5.92 Å². The lowest BCUT2D eigenvalue weighted by Crippen LogP contribution is -2.32. The van der Waals surface area contributed by atoms with Gasteiger partial charge in [0.05, 0.1) is 17.3 Å². The van der Waals surface area contributed by atoms with Crippen molar-refractivity contribution < 1.29 is 13.9 Å². The summed E-state index contributed by atoms with van der Waals surface area (Å²) in [4.78, 5) is 16.1. The van der Waals surface area contributed by atoms with Crippen molar-refractivity contribution in [2.75, 3.05) is 12.4 Å². The van der Waals surface area contributed by atoms with Gasteiger partial charge in [-0.2, -0.15) is 0 Å². The molecular weight excluding hydrogens is 279 g/mol. The van der Waals surface area contributed by atoms with Gasteiger partial charge < -0.3 is 10.1 Å². The molecule has 0 aliphatic heterocycles. The van der Waals surface area contributed by atoms with Crippen molar-refractivity contribution in [3.05, 3.63) is 24.0 Å². The molecule has 1 heterocycles. The van der Waals surface area contributed by atoms with Crippen LogP contribution in [0.2, 0.25) is 0 Å². The minimum absolute atomic E-state index is 0.316. The van der Waals surface area contributed by atoms with Crippen LogP contribution in [0.15, 0.2) is 18.2 Å². The highest BCUT2D eigenvalue weighted by Crippen LogP contribution is 2.27. The number of benzene rings is 1. The van der Waals surface area contributed by atoms with Crippen LogP contribution in [-0.2, 0) is 9.53 Å². The quantitative estimate of drug-likeness (QED) is 0.859. The van der Waals surface area contributed by atoms with Crippen molar-refractivity contribution in [1.82, 2.24) is 4.98 Å². The van der Waals surface area contributed by atoms with E-state index in [-0.39, 0.29) is 11.8 Å². The summed E-state index contributed by atoms with van der Waals surface area (Å²) in [6.07, 6.45) is 0.650. The molecule has 0 aliphatic rings. The zero-order chi connectivity index (χ0) is 14.7. The fourth-order valence-electron chi connectivity index (χ4n) is 1.94. The number of thiazole rings is 1. The summed E-state index contributed by atoms with van der Waals surface area (Å²) in [5, 5.41) is 3.68. The number of aromatic nitrogens is 1. The molecule has 20 heavy (non-hydrogen) atoms. The Kier molecular flexibility index (Phi) is 4.54. The van der Waals surface area contributed by atoms with E-state index in [4.69, 9.17) is 4.74 Å². The molecule has 2 rings (SSSR count). The van der Waals surface area contributed by atoms with Gasteiger partial charge >= 0.3 is 5.97 Å². The Morgan fingerprint density at radius 1 is 1.50 bits per heavy atom. The number of nitrogens with one attached hydrogen (secondary N) is 1. The van der Waals surface area contributed by atoms with Crippen molar-refractivity contribution in [3.8, 4) is 0 Å². The minimum atomic E-state index is -0.439. The first-order valence-electron chi connectivity index (χ1n) is 6.40. The molecule has 0 fully saturated rings. The molecule has 6 heteroatoms. The predicted octanol–water partition coefficient (Wildman–Crippen LogP) is 3.44. The number of ether oxygens (including phenoxy) is 1. The summed E-state index contributed by atoms with van der Waals surface area (Å²) in [5.41, 5.74) is 0.589. The molecule has 0 amide bonds. The molecule has 0 aliphatic carbocycles. The van der Waals surface area contributed by atoms with Crippen LogP contribution in [-0.4, -0.2) is 24.1 Å². The Hall–Kier alpha value is -1.69. The normalized spacial score (nSPS) is 12.7. The molecule has 0 spiro atoms. The lowest BCUT2D eigenvalue weighted by Gasteiger charge is -2.17. The van der Waals surface area contributed by atoms with Gasteiger partial charge in [-0.15, -0.1) is 0 Å². The van der Waals surface area contributed by atoms with E-state index in [0.29, 0.717) is 23.0 Å². The van der Waals surface area contributed by atoms with Crippen LogP contribution in [0.4, 0.5) is 9.52 Å². The Morgan fingerprint density at radius 2 is 2.25 bits per heavy atom. The number of carbonyl (C=O) groups excluding carboxylic acids is 1. The zero-order valence-corrected chi connectivity index (χ0v) is 12.5. The van der Waals surface area contributed by atoms with E-state index in [0.717, 1.165) is 4.70 Å². The molecule has 1 aromatic heterocycles. The van der Waals surface area contributed by atoms with Gasteiger partial charge in [-0.1, -0.05) is 25.2 Å². The molecule has 1 N–H and O–H groups in total. The summed E-state index contributed by atoms with van der Waals surface area (Å²) in [6, 6.07) is 4.02. The minimum Gasteiger partial charge on any atom is -0.467 e. The molecule has 108 valence electrons. The summed E-state index contributed by atoms with van der Waals surface area (Å²) in [6.45, 7) is 4.07. The van der Waals surface area contributed by atoms with Crippen LogP contribution < -0.4 is 5.32 Å². The van der Waals surface area contributed by atoms with E-state index in [1.807, 2.05) is 13.8 Å². The molecule has 0 saturated heterocycles. The second-order valence-corrected chi connectivity index (χ2v) is 6.01. The summed E-state index contributed by atoms with van der Waals surface area (Å²) < 4.78 is 18.8. The maximum Gasteiger partial charge on any atom is 0.328 e. The van der Waals surface area contributed by atoms with E-state index < -0.39 is 6.04 Å². The number of fused-ring (bicyclic) bond motifs is 1. The number of nitrogens with zero attached hydrogens (tertiary/aromatic N) is 1. The molecule has 2 aromatic rings. The average molecular weight is 296 g/mol. The standard InChI is InChI=1S/C14H17FN2O2S/c1-8(2)6-11(13(18)19-3)17-14-16-10-7-9(15)4-5-12(10)20-14/h4-5,7-8,11H,6H2,1-3H3,(H,16,17). The Morgan fingerprint density at radius 3 is 2.90 bits per heavy atom. The molecular formula is C14H17FN2O2S. The first kappa shape index (κ1) is 14.7. The molecule has 1 unspecified atom stereocenters. The van der Waals surface area contributed by atoms with Crippen molar-refractivity contribution in [1.29, 1.82) is 0 Å². The highest BCUT2D eigenvalue weighted by atomic mass is 32.1. The molecule has 1 atom stereocenters. The Bertz CT molecular complexity index is 612. The van der Waals surface area contributed by atoms with Crippen LogP contribution in [0.5, 0.6) is 0 Å². The molecule has 1 aromatic carbocycles. The lowest BCUT2D eigenvalue weighted by molar-refractivity contribution is -0.141. The maximum atomic E-state index is 13.1. The van der Waals surface area contributed by atoms with Crippen LogP contribution in [0.1, 0.15) is 20.3 Å². The van der Waals surface area contributed by atoms with Gasteiger partial charge in [0, 0.05) is 6.07 Å². The topological polar surface area (TPSA) is 51.2 Å². The third kappa shape index (κ3) is 3.45. The van der Waals surface area contributed by atoms with Gasteiger partial charge in [0.1, 0.15) is 11.9 Å². The molecule has 4 nitrogen and oxygen atoms in total. The van der Waals surface area contributed by atoms with Gasteiger partial charge in [0.15, 0.2) is 5.13 Å². The number of esters is 1. The zero-order valence-electron chi connectivity index (χ0n) is 11.6. The predicted molar refractivity (Wildman–Crippen MR) is 78.5 cm³/mol. The maximum absolute atomic E-state index is 13.1. The van der Waals surface area contributed by atoms with E-state index in [9.17, 15) is 9.18 Å². The molecule has 0 bridgehead atoms. The summed E-state index contributed by atoms with van der Waals surface area (Å²) in [5.74, 6) is -0.288. The number of methoxy groups -OCH3 is 1. The van der Waals surface area contributed by atoms with Crippen LogP contribution >= 0.6 is 11.3 Å². The van der Waals surface area contributed by atoms with Gasteiger partial charge in [-0.25, -0.2) is 14.2 Å². The van der Waals surface area contributed by atoms with E-state index in [1.54, 1.807) is 6.07 Å². The first-order chi connectivity index (χ1) is 9.49. The number of hydrogen-bond donors (Lipinski definition) is 1. The summed E-state index contributed by atoms with van der Waals surface area (Å²) >= 11 is 1.39. The lowest BCUT2D eigenvalue weighted by atomic mass is 10.0. The number of hydrogen-bond acceptors (Lipinski definition) is 5. The van der Waals surface area contributed by atoms with Gasteiger partial charge in [0.2, 0.25) is 0 Å². The van der Waals surface area contributed by atoms with Gasteiger partial charge in [-0.3, -0.25) is 0 Å². The second-order valence-electron chi connectivity index (χ2n) is 4.98. The number of halogens is 1. The smallest absolute Gasteiger partial charge is 0.328 e. The fraction of sp³-hybridized carbons (Fsp3) is 0.429. The Balaban J connectivity index is 2.21. The average Bonchev–Trinajstić information content (AvgIpc) is 2.77. The summed E-state index contributed by atoms with van der Waals surface area (Å²) in [7, 11) is 1.37. The van der Waals surface area contributed by atoms with E-state index in [1.165, 1.54) is 30.6 Å². The highest BCUT2D eigenvalue weighted by Gasteiger charge is 2.21. The third-order valence-electron chi connectivity index (χ3n) is 2.84. The number of anilines is 1. The number of rotatable bonds is 5. The van der Waals surface area contributed by atoms with E-state index >= 15 is 0 Å². The third-order valence-corrected chi connectivity index (χ3v) is 3.81.